The SMILES string of the molecule is Cc1cc2c(n1Cc1ccc(Cl)s1)CC(C)(C)CC2O. The Labute approximate surface area is 129 Å². The van der Waals surface area contributed by atoms with Crippen molar-refractivity contribution in [2.45, 2.75) is 46.3 Å². The lowest BCUT2D eigenvalue weighted by molar-refractivity contribution is 0.0981. The molecular formula is C16H20ClNOS. The molecule has 0 amide bonds. The van der Waals surface area contributed by atoms with Crippen LogP contribution in [0.5, 0.6) is 0 Å². The Hall–Kier alpha value is -0.770. The van der Waals surface area contributed by atoms with Crippen LogP contribution in [0.4, 0.5) is 0 Å². The van der Waals surface area contributed by atoms with Crippen LogP contribution in [0.2, 0.25) is 4.34 Å². The summed E-state index contributed by atoms with van der Waals surface area (Å²) in [6, 6.07) is 6.18. The Morgan fingerprint density at radius 1 is 1.45 bits per heavy atom. The van der Waals surface area contributed by atoms with E-state index in [1.807, 2.05) is 6.07 Å². The van der Waals surface area contributed by atoms with Crippen LogP contribution in [0.3, 0.4) is 0 Å². The number of aromatic nitrogens is 1. The molecule has 0 saturated carbocycles. The van der Waals surface area contributed by atoms with Crippen molar-refractivity contribution in [3.63, 3.8) is 0 Å². The highest BCUT2D eigenvalue weighted by atomic mass is 35.5. The fourth-order valence-corrected chi connectivity index (χ4v) is 4.29. The number of thiophene rings is 1. The zero-order valence-corrected chi connectivity index (χ0v) is 13.7. The van der Waals surface area contributed by atoms with Crippen LogP contribution < -0.4 is 0 Å². The summed E-state index contributed by atoms with van der Waals surface area (Å²) < 4.78 is 3.17. The van der Waals surface area contributed by atoms with Crippen LogP contribution in [-0.2, 0) is 13.0 Å². The molecule has 4 heteroatoms. The topological polar surface area (TPSA) is 25.2 Å². The smallest absolute Gasteiger partial charge is 0.0931 e. The minimum absolute atomic E-state index is 0.155. The maximum absolute atomic E-state index is 10.4. The van der Waals surface area contributed by atoms with E-state index in [1.165, 1.54) is 16.3 Å². The summed E-state index contributed by atoms with van der Waals surface area (Å²) >= 11 is 7.65. The van der Waals surface area contributed by atoms with Crippen LogP contribution in [0.1, 0.15) is 48.2 Å². The van der Waals surface area contributed by atoms with Crippen molar-refractivity contribution in [1.29, 1.82) is 0 Å². The Balaban J connectivity index is 2.00. The first-order chi connectivity index (χ1) is 9.35. The molecule has 2 heterocycles. The lowest BCUT2D eigenvalue weighted by Crippen LogP contribution is -2.27. The third-order valence-corrected chi connectivity index (χ3v) is 5.36. The van der Waals surface area contributed by atoms with Crippen molar-refractivity contribution in [2.75, 3.05) is 0 Å². The average Bonchev–Trinajstić information content (AvgIpc) is 2.86. The zero-order valence-electron chi connectivity index (χ0n) is 12.1. The van der Waals surface area contributed by atoms with Crippen LogP contribution in [0.25, 0.3) is 0 Å². The summed E-state index contributed by atoms with van der Waals surface area (Å²) in [6.45, 7) is 7.43. The van der Waals surface area contributed by atoms with Crippen LogP contribution >= 0.6 is 22.9 Å². The summed E-state index contributed by atoms with van der Waals surface area (Å²) in [7, 11) is 0. The van der Waals surface area contributed by atoms with Gasteiger partial charge in [0.25, 0.3) is 0 Å². The van der Waals surface area contributed by atoms with Crippen LogP contribution in [-0.4, -0.2) is 9.67 Å². The predicted octanol–water partition coefficient (Wildman–Crippen LogP) is 4.57. The van der Waals surface area contributed by atoms with Gasteiger partial charge in [-0.15, -0.1) is 11.3 Å². The van der Waals surface area contributed by atoms with Gasteiger partial charge in [-0.2, -0.15) is 0 Å². The van der Waals surface area contributed by atoms with Gasteiger partial charge in [0.15, 0.2) is 0 Å². The second kappa shape index (κ2) is 4.90. The van der Waals surface area contributed by atoms with E-state index in [0.29, 0.717) is 0 Å². The van der Waals surface area contributed by atoms with Gasteiger partial charge < -0.3 is 9.67 Å². The number of aryl methyl sites for hydroxylation is 1. The molecule has 0 aliphatic heterocycles. The molecule has 0 aromatic carbocycles. The highest BCUT2D eigenvalue weighted by molar-refractivity contribution is 7.16. The Morgan fingerprint density at radius 3 is 2.85 bits per heavy atom. The summed E-state index contributed by atoms with van der Waals surface area (Å²) in [6.07, 6.45) is 1.53. The lowest BCUT2D eigenvalue weighted by atomic mass is 9.75. The molecule has 1 N–H and O–H groups in total. The van der Waals surface area contributed by atoms with E-state index in [1.54, 1.807) is 11.3 Å². The van der Waals surface area contributed by atoms with Crippen molar-refractivity contribution in [1.82, 2.24) is 4.57 Å². The molecule has 20 heavy (non-hydrogen) atoms. The Morgan fingerprint density at radius 2 is 2.20 bits per heavy atom. The van der Waals surface area contributed by atoms with Crippen molar-refractivity contribution < 1.29 is 5.11 Å². The van der Waals surface area contributed by atoms with E-state index >= 15 is 0 Å². The molecule has 3 rings (SSSR count). The monoisotopic (exact) mass is 309 g/mol. The third kappa shape index (κ3) is 2.54. The van der Waals surface area contributed by atoms with Gasteiger partial charge in [-0.3, -0.25) is 0 Å². The number of hydrogen-bond acceptors (Lipinski definition) is 2. The molecule has 0 fully saturated rings. The Kier molecular flexibility index (Phi) is 3.47. The average molecular weight is 310 g/mol. The minimum Gasteiger partial charge on any atom is -0.388 e. The van der Waals surface area contributed by atoms with E-state index in [4.69, 9.17) is 11.6 Å². The van der Waals surface area contributed by atoms with E-state index in [2.05, 4.69) is 37.5 Å². The van der Waals surface area contributed by atoms with Gasteiger partial charge in [0, 0.05) is 21.8 Å². The quantitative estimate of drug-likeness (QED) is 0.864. The summed E-state index contributed by atoms with van der Waals surface area (Å²) in [5.41, 5.74) is 3.78. The summed E-state index contributed by atoms with van der Waals surface area (Å²) in [4.78, 5) is 1.26. The maximum Gasteiger partial charge on any atom is 0.0931 e. The minimum atomic E-state index is -0.333. The molecule has 2 nitrogen and oxygen atoms in total. The number of halogens is 1. The van der Waals surface area contributed by atoms with E-state index < -0.39 is 0 Å². The number of aliphatic hydroxyl groups is 1. The van der Waals surface area contributed by atoms with Gasteiger partial charge >= 0.3 is 0 Å². The van der Waals surface area contributed by atoms with Gasteiger partial charge in [0.1, 0.15) is 0 Å². The molecule has 2 aromatic heterocycles. The summed E-state index contributed by atoms with van der Waals surface area (Å²) in [5, 5.41) is 10.4. The van der Waals surface area contributed by atoms with Crippen molar-refractivity contribution >= 4 is 22.9 Å². The van der Waals surface area contributed by atoms with E-state index in [-0.39, 0.29) is 11.5 Å². The van der Waals surface area contributed by atoms with Gasteiger partial charge in [-0.05, 0) is 43.4 Å². The second-order valence-electron chi connectivity index (χ2n) is 6.54. The van der Waals surface area contributed by atoms with Crippen molar-refractivity contribution in [3.05, 3.63) is 44.4 Å². The van der Waals surface area contributed by atoms with Crippen LogP contribution in [0.15, 0.2) is 18.2 Å². The fraction of sp³-hybridized carbons (Fsp3) is 0.500. The summed E-state index contributed by atoms with van der Waals surface area (Å²) in [5.74, 6) is 0. The Bertz CT molecular complexity index is 641. The molecule has 0 bridgehead atoms. The first kappa shape index (κ1) is 14.2. The number of aliphatic hydroxyl groups excluding tert-OH is 1. The normalized spacial score (nSPS) is 20.9. The molecule has 1 unspecified atom stereocenters. The third-order valence-electron chi connectivity index (χ3n) is 4.14. The highest BCUT2D eigenvalue weighted by Gasteiger charge is 2.34. The van der Waals surface area contributed by atoms with Gasteiger partial charge in [0.2, 0.25) is 0 Å². The van der Waals surface area contributed by atoms with E-state index in [0.717, 1.165) is 29.3 Å². The molecule has 1 aliphatic rings. The van der Waals surface area contributed by atoms with E-state index in [9.17, 15) is 5.11 Å². The largest absolute Gasteiger partial charge is 0.388 e. The predicted molar refractivity (Wildman–Crippen MR) is 84.7 cm³/mol. The van der Waals surface area contributed by atoms with Crippen molar-refractivity contribution in [3.8, 4) is 0 Å². The second-order valence-corrected chi connectivity index (χ2v) is 8.34. The molecule has 1 aliphatic carbocycles. The first-order valence-electron chi connectivity index (χ1n) is 6.97. The number of hydrogen-bond donors (Lipinski definition) is 1. The highest BCUT2D eigenvalue weighted by Crippen LogP contribution is 2.42. The number of rotatable bonds is 2. The molecule has 0 radical (unpaired) electrons. The van der Waals surface area contributed by atoms with Gasteiger partial charge in [0.05, 0.1) is 17.0 Å². The molecule has 0 spiro atoms. The van der Waals surface area contributed by atoms with Gasteiger partial charge in [-0.25, -0.2) is 0 Å². The fourth-order valence-electron chi connectivity index (χ4n) is 3.21. The number of nitrogens with zero attached hydrogens (tertiary/aromatic N) is 1. The molecular weight excluding hydrogens is 290 g/mol. The van der Waals surface area contributed by atoms with Crippen molar-refractivity contribution in [2.24, 2.45) is 5.41 Å². The lowest BCUT2D eigenvalue weighted by Gasteiger charge is -2.34. The maximum atomic E-state index is 10.4. The molecule has 0 saturated heterocycles. The first-order valence-corrected chi connectivity index (χ1v) is 8.16. The molecule has 1 atom stereocenters. The van der Waals surface area contributed by atoms with Crippen LogP contribution in [0, 0.1) is 12.3 Å². The molecule has 108 valence electrons. The van der Waals surface area contributed by atoms with Gasteiger partial charge in [-0.1, -0.05) is 25.4 Å². The zero-order chi connectivity index (χ0) is 14.5. The number of fused-ring (bicyclic) bond motifs is 1. The standard InChI is InChI=1S/C16H20ClNOS/c1-10-6-12-13(7-16(2,3)8-14(12)19)18(10)9-11-4-5-15(17)20-11/h4-6,14,19H,7-9H2,1-3H3. The molecule has 2 aromatic rings.